The Bertz CT molecular complexity index is 1100. The summed E-state index contributed by atoms with van der Waals surface area (Å²) in [4.78, 5) is 17.9. The van der Waals surface area contributed by atoms with Crippen molar-refractivity contribution < 1.29 is 13.9 Å². The minimum atomic E-state index is -0.304. The molecule has 2 aliphatic rings. The monoisotopic (exact) mass is 448 g/mol. The van der Waals surface area contributed by atoms with Crippen molar-refractivity contribution in [3.8, 4) is 16.9 Å². The molecule has 3 aromatic rings. The number of carbonyl (C=O) groups is 1. The largest absolute Gasteiger partial charge is 0.377 e. The van der Waals surface area contributed by atoms with Crippen LogP contribution in [0, 0.1) is 12.7 Å². The molecule has 1 unspecified atom stereocenters. The number of ether oxygens (including phenoxy) is 1. The van der Waals surface area contributed by atoms with E-state index in [2.05, 4.69) is 4.90 Å². The van der Waals surface area contributed by atoms with E-state index < -0.39 is 0 Å². The van der Waals surface area contributed by atoms with E-state index >= 15 is 0 Å². The molecule has 0 saturated carbocycles. The first-order chi connectivity index (χ1) is 16.1. The van der Waals surface area contributed by atoms with Crippen molar-refractivity contribution in [2.45, 2.75) is 25.9 Å². The topological polar surface area (TPSA) is 50.6 Å². The maximum Gasteiger partial charge on any atom is 0.257 e. The quantitative estimate of drug-likeness (QED) is 0.594. The van der Waals surface area contributed by atoms with E-state index in [1.165, 1.54) is 12.1 Å². The molecule has 2 fully saturated rings. The zero-order valence-corrected chi connectivity index (χ0v) is 18.9. The number of amides is 1. The van der Waals surface area contributed by atoms with Crippen LogP contribution in [0.3, 0.4) is 0 Å². The van der Waals surface area contributed by atoms with Crippen LogP contribution in [0.4, 0.5) is 4.39 Å². The number of carbonyl (C=O) groups excluding carboxylic acids is 1. The van der Waals surface area contributed by atoms with Crippen molar-refractivity contribution in [3.63, 3.8) is 0 Å². The van der Waals surface area contributed by atoms with Crippen molar-refractivity contribution in [2.24, 2.45) is 0 Å². The second-order valence-electron chi connectivity index (χ2n) is 8.91. The number of halogens is 1. The summed E-state index contributed by atoms with van der Waals surface area (Å²) >= 11 is 0. The van der Waals surface area contributed by atoms with Gasteiger partial charge in [-0.3, -0.25) is 9.69 Å². The summed E-state index contributed by atoms with van der Waals surface area (Å²) in [5.74, 6) is -0.322. The Morgan fingerprint density at radius 2 is 1.79 bits per heavy atom. The van der Waals surface area contributed by atoms with E-state index in [9.17, 15) is 9.18 Å². The number of piperazine rings is 1. The fourth-order valence-corrected chi connectivity index (χ4v) is 4.56. The zero-order valence-electron chi connectivity index (χ0n) is 18.9. The van der Waals surface area contributed by atoms with Crippen LogP contribution >= 0.6 is 0 Å². The van der Waals surface area contributed by atoms with Gasteiger partial charge in [0.15, 0.2) is 0 Å². The van der Waals surface area contributed by atoms with Crippen LogP contribution in [0.5, 0.6) is 0 Å². The highest BCUT2D eigenvalue weighted by molar-refractivity contribution is 6.00. The lowest BCUT2D eigenvalue weighted by Gasteiger charge is -2.35. The average Bonchev–Trinajstić information content (AvgIpc) is 3.51. The Morgan fingerprint density at radius 3 is 2.45 bits per heavy atom. The molecule has 0 aliphatic carbocycles. The Kier molecular flexibility index (Phi) is 6.24. The minimum Gasteiger partial charge on any atom is -0.377 e. The van der Waals surface area contributed by atoms with Crippen LogP contribution in [0.15, 0.2) is 54.7 Å². The molecule has 5 rings (SSSR count). The fraction of sp³-hybridized carbons (Fsp3) is 0.385. The van der Waals surface area contributed by atoms with Crippen molar-refractivity contribution in [1.82, 2.24) is 19.6 Å². The Labute approximate surface area is 193 Å². The highest BCUT2D eigenvalue weighted by Gasteiger charge is 2.28. The maximum atomic E-state index is 13.6. The van der Waals surface area contributed by atoms with Gasteiger partial charge in [0.05, 0.1) is 17.4 Å². The summed E-state index contributed by atoms with van der Waals surface area (Å²) in [5.41, 5.74) is 3.96. The summed E-state index contributed by atoms with van der Waals surface area (Å²) < 4.78 is 20.8. The van der Waals surface area contributed by atoms with E-state index in [0.29, 0.717) is 36.1 Å². The van der Waals surface area contributed by atoms with Gasteiger partial charge in [0.25, 0.3) is 5.91 Å². The van der Waals surface area contributed by atoms with Gasteiger partial charge in [-0.25, -0.2) is 9.07 Å². The standard InChI is InChI=1S/C26H29FN4O2/c1-19-4-6-20(7-5-19)25-24(18-31(28-25)22-10-8-21(27)9-11-22)26(32)30-14-12-29(13-15-30)17-23-3-2-16-33-23/h4-11,18,23H,2-3,12-17H2,1H3. The average molecular weight is 449 g/mol. The number of hydrogen-bond donors (Lipinski definition) is 0. The summed E-state index contributed by atoms with van der Waals surface area (Å²) in [6.45, 7) is 6.89. The van der Waals surface area contributed by atoms with Gasteiger partial charge in [-0.2, -0.15) is 5.10 Å². The summed E-state index contributed by atoms with van der Waals surface area (Å²) in [6.07, 6.45) is 4.36. The molecule has 1 amide bonds. The minimum absolute atomic E-state index is 0.0179. The summed E-state index contributed by atoms with van der Waals surface area (Å²) in [6, 6.07) is 14.1. The molecule has 3 heterocycles. The zero-order chi connectivity index (χ0) is 22.8. The first kappa shape index (κ1) is 21.8. The van der Waals surface area contributed by atoms with Crippen molar-refractivity contribution in [3.05, 3.63) is 71.7 Å². The molecule has 2 saturated heterocycles. The molecule has 0 spiro atoms. The molecule has 1 aromatic heterocycles. The van der Waals surface area contributed by atoms with Crippen LogP contribution in [-0.4, -0.2) is 70.9 Å². The molecule has 2 aromatic carbocycles. The van der Waals surface area contributed by atoms with Gasteiger partial charge in [-0.05, 0) is 44.0 Å². The van der Waals surface area contributed by atoms with Gasteiger partial charge in [0, 0.05) is 51.1 Å². The number of benzene rings is 2. The van der Waals surface area contributed by atoms with Crippen molar-refractivity contribution >= 4 is 5.91 Å². The van der Waals surface area contributed by atoms with E-state index in [1.54, 1.807) is 23.0 Å². The number of hydrogen-bond acceptors (Lipinski definition) is 4. The normalized spacial score (nSPS) is 19.2. The van der Waals surface area contributed by atoms with E-state index in [0.717, 1.165) is 50.2 Å². The van der Waals surface area contributed by atoms with Crippen molar-refractivity contribution in [1.29, 1.82) is 0 Å². The van der Waals surface area contributed by atoms with Gasteiger partial charge in [-0.15, -0.1) is 0 Å². The van der Waals surface area contributed by atoms with Gasteiger partial charge in [-0.1, -0.05) is 29.8 Å². The highest BCUT2D eigenvalue weighted by atomic mass is 19.1. The van der Waals surface area contributed by atoms with Crippen LogP contribution in [0.2, 0.25) is 0 Å². The van der Waals surface area contributed by atoms with Crippen LogP contribution in [0.1, 0.15) is 28.8 Å². The molecule has 6 nitrogen and oxygen atoms in total. The van der Waals surface area contributed by atoms with Crippen LogP contribution in [0.25, 0.3) is 16.9 Å². The molecule has 7 heteroatoms. The third kappa shape index (κ3) is 4.84. The smallest absolute Gasteiger partial charge is 0.257 e. The first-order valence-corrected chi connectivity index (χ1v) is 11.6. The fourth-order valence-electron chi connectivity index (χ4n) is 4.56. The molecule has 33 heavy (non-hydrogen) atoms. The van der Waals surface area contributed by atoms with Crippen LogP contribution in [-0.2, 0) is 4.74 Å². The van der Waals surface area contributed by atoms with Crippen molar-refractivity contribution in [2.75, 3.05) is 39.3 Å². The predicted molar refractivity (Wildman–Crippen MR) is 125 cm³/mol. The summed E-state index contributed by atoms with van der Waals surface area (Å²) in [5, 5.41) is 4.73. The van der Waals surface area contributed by atoms with Gasteiger partial charge in [0.1, 0.15) is 11.5 Å². The summed E-state index contributed by atoms with van der Waals surface area (Å²) in [7, 11) is 0. The molecule has 0 N–H and O–H groups in total. The molecular formula is C26H29FN4O2. The molecule has 172 valence electrons. The SMILES string of the molecule is Cc1ccc(-c2nn(-c3ccc(F)cc3)cc2C(=O)N2CCN(CC3CCCO3)CC2)cc1. The Balaban J connectivity index is 1.38. The Hall–Kier alpha value is -3.03. The second kappa shape index (κ2) is 9.45. The number of aromatic nitrogens is 2. The third-order valence-corrected chi connectivity index (χ3v) is 6.51. The predicted octanol–water partition coefficient (Wildman–Crippen LogP) is 3.92. The lowest BCUT2D eigenvalue weighted by atomic mass is 10.1. The number of nitrogens with zero attached hydrogens (tertiary/aromatic N) is 4. The lowest BCUT2D eigenvalue weighted by molar-refractivity contribution is 0.0433. The first-order valence-electron chi connectivity index (χ1n) is 11.6. The van der Waals surface area contributed by atoms with Crippen LogP contribution < -0.4 is 0 Å². The molecule has 0 radical (unpaired) electrons. The second-order valence-corrected chi connectivity index (χ2v) is 8.91. The molecule has 2 aliphatic heterocycles. The van der Waals surface area contributed by atoms with Gasteiger partial charge < -0.3 is 9.64 Å². The highest BCUT2D eigenvalue weighted by Crippen LogP contribution is 2.26. The molecule has 1 atom stereocenters. The number of rotatable bonds is 5. The third-order valence-electron chi connectivity index (χ3n) is 6.51. The van der Waals surface area contributed by atoms with E-state index in [-0.39, 0.29) is 11.7 Å². The maximum absolute atomic E-state index is 13.6. The molecule has 0 bridgehead atoms. The lowest BCUT2D eigenvalue weighted by Crippen LogP contribution is -2.50. The van der Waals surface area contributed by atoms with E-state index in [1.807, 2.05) is 36.1 Å². The van der Waals surface area contributed by atoms with Gasteiger partial charge >= 0.3 is 0 Å². The number of aryl methyl sites for hydroxylation is 1. The van der Waals surface area contributed by atoms with Gasteiger partial charge in [0.2, 0.25) is 0 Å². The Morgan fingerprint density at radius 1 is 1.06 bits per heavy atom. The van der Waals surface area contributed by atoms with E-state index in [4.69, 9.17) is 9.84 Å². The molecular weight excluding hydrogens is 419 g/mol.